The van der Waals surface area contributed by atoms with E-state index < -0.39 is 159 Å². The Hall–Kier alpha value is -10.7. The van der Waals surface area contributed by atoms with Gasteiger partial charge in [-0.15, -0.1) is 0 Å². The Balaban J connectivity index is 1.06. The number of nitrogens with zero attached hydrogens (tertiary/aromatic N) is 3. The zero-order valence-electron chi connectivity index (χ0n) is 72.9. The lowest BCUT2D eigenvalue weighted by atomic mass is 9.93. The second kappa shape index (κ2) is 41.2. The summed E-state index contributed by atoms with van der Waals surface area (Å²) in [7, 11) is 2.35. The van der Waals surface area contributed by atoms with Crippen LogP contribution in [0.1, 0.15) is 188 Å². The van der Waals surface area contributed by atoms with E-state index in [4.69, 9.17) is 40.9 Å². The van der Waals surface area contributed by atoms with Crippen LogP contribution in [0.15, 0.2) is 103 Å². The molecule has 4 aromatic rings. The van der Waals surface area contributed by atoms with Crippen LogP contribution in [0.5, 0.6) is 0 Å². The van der Waals surface area contributed by atoms with Gasteiger partial charge in [-0.3, -0.25) is 43.3 Å². The molecule has 0 radical (unpaired) electrons. The molecule has 121 heavy (non-hydrogen) atoms. The largest absolute Gasteiger partial charge is 0.468 e. The number of carbonyl (C=O) groups is 13. The van der Waals surface area contributed by atoms with Gasteiger partial charge in [-0.25, -0.2) is 24.0 Å². The molecule has 32 heteroatoms. The van der Waals surface area contributed by atoms with Gasteiger partial charge in [-0.05, 0) is 190 Å². The van der Waals surface area contributed by atoms with Crippen molar-refractivity contribution in [2.75, 3.05) is 58.4 Å². The number of amides is 11. The molecule has 2 saturated heterocycles. The van der Waals surface area contributed by atoms with E-state index in [-0.39, 0.29) is 134 Å². The van der Waals surface area contributed by atoms with Crippen LogP contribution < -0.4 is 64.6 Å². The third kappa shape index (κ3) is 26.4. The number of ether oxygens (including phenoxy) is 5. The second-order valence-electron chi connectivity index (χ2n) is 36.4. The van der Waals surface area contributed by atoms with Crippen molar-refractivity contribution in [3.63, 3.8) is 0 Å². The molecule has 0 spiro atoms. The van der Waals surface area contributed by atoms with E-state index in [0.717, 1.165) is 23.1 Å². The molecule has 662 valence electrons. The van der Waals surface area contributed by atoms with E-state index in [1.807, 2.05) is 52.0 Å². The molecule has 0 bridgehead atoms. The molecule has 2 aliphatic carbocycles. The maximum absolute atomic E-state index is 15.7. The molecule has 4 aliphatic rings. The van der Waals surface area contributed by atoms with Crippen LogP contribution in [-0.2, 0) is 110 Å². The number of carbonyl (C=O) groups excluding carboxylic acids is 13. The van der Waals surface area contributed by atoms with Gasteiger partial charge in [0.2, 0.25) is 47.3 Å². The van der Waals surface area contributed by atoms with Gasteiger partial charge in [0.15, 0.2) is 5.54 Å². The van der Waals surface area contributed by atoms with E-state index >= 15 is 33.6 Å². The number of unbranched alkanes of at least 4 members (excludes halogenated alkanes) is 2. The number of hydrogen-bond acceptors (Lipinski definition) is 21. The molecule has 2 aliphatic heterocycles. The fraction of sp³-hybridized carbons (Fsp3) is 0.584. The van der Waals surface area contributed by atoms with Gasteiger partial charge in [0.05, 0.1) is 20.8 Å². The number of nitrogens with one attached hydrogen (secondary N) is 8. The number of hydrogen-bond donors (Lipinski definition) is 11. The predicted octanol–water partition coefficient (Wildman–Crippen LogP) is 5.84. The Bertz CT molecular complexity index is 4330. The monoisotopic (exact) mass is 1680 g/mol. The van der Waals surface area contributed by atoms with Crippen LogP contribution in [0.2, 0.25) is 0 Å². The van der Waals surface area contributed by atoms with Gasteiger partial charge in [0.1, 0.15) is 69.7 Å². The summed E-state index contributed by atoms with van der Waals surface area (Å²) in [6.45, 7) is 22.3. The lowest BCUT2D eigenvalue weighted by Crippen LogP contribution is -2.64. The van der Waals surface area contributed by atoms with E-state index in [2.05, 4.69) is 42.5 Å². The average molecular weight is 1680 g/mol. The maximum atomic E-state index is 15.7. The third-order valence-electron chi connectivity index (χ3n) is 21.8. The summed E-state index contributed by atoms with van der Waals surface area (Å²) < 4.78 is 27.7. The van der Waals surface area contributed by atoms with Gasteiger partial charge >= 0.3 is 30.2 Å². The lowest BCUT2D eigenvalue weighted by molar-refractivity contribution is -0.148. The van der Waals surface area contributed by atoms with Crippen LogP contribution in [-0.4, -0.2) is 216 Å². The summed E-state index contributed by atoms with van der Waals surface area (Å²) in [6, 6.07) is 22.3. The number of methoxy groups -OCH3 is 2. The summed E-state index contributed by atoms with van der Waals surface area (Å²) in [4.78, 5) is 193. The highest BCUT2D eigenvalue weighted by Gasteiger charge is 2.57. The predicted molar refractivity (Wildman–Crippen MR) is 453 cm³/mol. The fourth-order valence-corrected chi connectivity index (χ4v) is 15.9. The minimum atomic E-state index is -2.04. The molecule has 14 N–H and O–H groups in total. The highest BCUT2D eigenvalue weighted by atomic mass is 16.6. The number of esters is 2. The van der Waals surface area contributed by atoms with Crippen molar-refractivity contribution in [1.29, 1.82) is 0 Å². The minimum Gasteiger partial charge on any atom is -0.468 e. The number of anilines is 1. The number of rotatable bonds is 36. The summed E-state index contributed by atoms with van der Waals surface area (Å²) in [5.41, 5.74) is 13.7. The fourth-order valence-electron chi connectivity index (χ4n) is 15.9. The zero-order chi connectivity index (χ0) is 89.2. The second-order valence-corrected chi connectivity index (χ2v) is 36.4. The molecule has 0 saturated carbocycles. The first-order valence-corrected chi connectivity index (χ1v) is 42.0. The van der Waals surface area contributed by atoms with Gasteiger partial charge < -0.3 is 93.2 Å². The SMILES string of the molecule is COC(=O)C1(N)CCN(C(=O)[C@@H](CCCCN)NC(=O)[C@H](CC(C)C)NC(=O)[C@@H](Cc2ccccc2)NC(=O)C2(N)Cc3ccc(N(C(=O)OC(C)(C)C)C4(C(=O)OC)CCN(C(=O)[C@@H](CCCCNC(=O)OC(C)(C)C)NC(=O)[C@@H](CC(C)C)NC(=O)[C@@H](Cc5ccccc5)NC(=O)C5(NC(=O)OC(C)(C)C)Cc6ccccc6C5)C4)cc3C2)C1. The van der Waals surface area contributed by atoms with Crippen LogP contribution in [0.4, 0.5) is 20.1 Å². The van der Waals surface area contributed by atoms with Gasteiger partial charge in [0, 0.05) is 70.4 Å². The Morgan fingerprint density at radius 2 is 0.901 bits per heavy atom. The van der Waals surface area contributed by atoms with Crippen molar-refractivity contribution in [1.82, 2.24) is 52.3 Å². The van der Waals surface area contributed by atoms with Crippen molar-refractivity contribution >= 4 is 83.2 Å². The van der Waals surface area contributed by atoms with Crippen molar-refractivity contribution in [3.8, 4) is 0 Å². The maximum Gasteiger partial charge on any atom is 0.415 e. The number of nitrogens with two attached hydrogens (primary N) is 3. The van der Waals surface area contributed by atoms with Gasteiger partial charge in [-0.1, -0.05) is 119 Å². The van der Waals surface area contributed by atoms with E-state index in [1.165, 1.54) is 16.9 Å². The molecule has 8 rings (SSSR count). The highest BCUT2D eigenvalue weighted by molar-refractivity contribution is 6.02. The topological polar surface area (TPSA) is 452 Å². The molecule has 0 aromatic heterocycles. The van der Waals surface area contributed by atoms with E-state index in [0.29, 0.717) is 41.6 Å². The summed E-state index contributed by atoms with van der Waals surface area (Å²) in [5.74, 6) is -7.53. The molecule has 4 aromatic carbocycles. The van der Waals surface area contributed by atoms with Crippen molar-refractivity contribution in [2.45, 2.75) is 268 Å². The number of likely N-dealkylation sites (tertiary alicyclic amines) is 2. The van der Waals surface area contributed by atoms with Gasteiger partial charge in [-0.2, -0.15) is 0 Å². The minimum absolute atomic E-state index is 0.0386. The summed E-state index contributed by atoms with van der Waals surface area (Å²) in [6.07, 6.45) is -1.02. The van der Waals surface area contributed by atoms with E-state index in [1.54, 1.807) is 141 Å². The molecule has 3 unspecified atom stereocenters. The van der Waals surface area contributed by atoms with Crippen LogP contribution in [0.3, 0.4) is 0 Å². The molecule has 11 amide bonds. The first-order valence-electron chi connectivity index (χ1n) is 42.0. The summed E-state index contributed by atoms with van der Waals surface area (Å²) >= 11 is 0. The van der Waals surface area contributed by atoms with Crippen molar-refractivity contribution < 1.29 is 86.0 Å². The molecule has 2 heterocycles. The Morgan fingerprint density at radius 1 is 0.463 bits per heavy atom. The Labute approximate surface area is 710 Å². The quantitative estimate of drug-likeness (QED) is 0.0145. The zero-order valence-corrected chi connectivity index (χ0v) is 72.9. The van der Waals surface area contributed by atoms with Crippen LogP contribution >= 0.6 is 0 Å². The Kier molecular flexibility index (Phi) is 32.6. The number of benzene rings is 4. The normalized spacial score (nSPS) is 19.4. The number of alkyl carbamates (subject to hydrolysis) is 2. The smallest absolute Gasteiger partial charge is 0.415 e. The van der Waals surface area contributed by atoms with Gasteiger partial charge in [0.25, 0.3) is 0 Å². The third-order valence-corrected chi connectivity index (χ3v) is 21.8. The first-order chi connectivity index (χ1) is 56.8. The average Bonchev–Trinajstić information content (AvgIpc) is 1.63. The standard InChI is InChI=1S/C89H128N14O18/c1-55(2)44-66(70(104)94-64(34-24-26-40-90)74(108)101-42-38-86(91,53-101)78(112)117-14)96-72(106)68(46-57-28-18-16-19-29-57)98-76(110)87(92)49-61-36-37-63(48-62(61)50-87)103(82(116)121-85(11,12)13)89(79(113)118-15)39-43-102(54-89)75(109)65(35-25-27-41-93-80(114)119-83(5,6)7)95-71(105)67(45-56(3)4)97-73(107)69(47-58-30-20-17-21-31-58)99-77(111)88(100-81(115)120-84(8,9)10)51-59-32-22-23-33-60(59)52-88/h16-23,28-33,36-37,48,55-56,64-69H,24-27,34-35,38-47,49-54,90-92H2,1-15H3,(H,93,114)(H,94,104)(H,95,105)(H,96,106)(H,97,107)(H,98,110)(H,99,111)(H,100,115)/t64-,65-,66+,67-,68-,69-,86?,87?,89?/m1/s1. The molecule has 9 atom stereocenters. The van der Waals surface area contributed by atoms with Crippen molar-refractivity contribution in [2.24, 2.45) is 29.0 Å². The molecular weight excluding hydrogens is 1550 g/mol. The Morgan fingerprint density at radius 3 is 1.39 bits per heavy atom. The molecular formula is C89H128N14O18. The number of fused-ring (bicyclic) bond motifs is 2. The van der Waals surface area contributed by atoms with E-state index in [9.17, 15) is 28.8 Å². The lowest BCUT2D eigenvalue weighted by Gasteiger charge is -2.39. The van der Waals surface area contributed by atoms with Crippen LogP contribution in [0.25, 0.3) is 0 Å². The molecule has 32 nitrogen and oxygen atoms in total. The summed E-state index contributed by atoms with van der Waals surface area (Å²) in [5, 5.41) is 23.0. The first kappa shape index (κ1) is 95.7. The van der Waals surface area contributed by atoms with Crippen LogP contribution in [0, 0.1) is 11.8 Å². The van der Waals surface area contributed by atoms with Crippen molar-refractivity contribution in [3.05, 3.63) is 137 Å². The highest BCUT2D eigenvalue weighted by Crippen LogP contribution is 2.40. The molecule has 2 fully saturated rings.